The Balaban J connectivity index is -0.000000123. The summed E-state index contributed by atoms with van der Waals surface area (Å²) in [6.45, 7) is 48.0. The number of rotatable bonds is 16. The molecule has 0 atom stereocenters. The Hall–Kier alpha value is 2.45. The van der Waals surface area contributed by atoms with Gasteiger partial charge in [0.05, 0.1) is 69.9 Å². The monoisotopic (exact) mass is 818 g/mol. The molecule has 0 aliphatic rings. The maximum absolute atomic E-state index is 7.50. The van der Waals surface area contributed by atoms with Crippen LogP contribution in [0.4, 0.5) is 0 Å². The van der Waals surface area contributed by atoms with Crippen LogP contribution in [0, 0.1) is 13.3 Å². The average Bonchev–Trinajstić information content (AvgIpc) is 2.79. The summed E-state index contributed by atoms with van der Waals surface area (Å²) < 4.78 is 15.0. The van der Waals surface area contributed by atoms with E-state index in [2.05, 4.69) is 124 Å². The third kappa shape index (κ3) is 29.2. The quantitative estimate of drug-likeness (QED) is 0.0644. The molecule has 8 heteroatoms. The molecule has 0 aliphatic heterocycles. The largest absolute Gasteiger partial charge is 0 e. The van der Waals surface area contributed by atoms with E-state index < -0.39 is 0 Å². The van der Waals surface area contributed by atoms with Crippen LogP contribution in [0.25, 0.3) is 0 Å². The maximum atomic E-state index is 7.50. The van der Waals surface area contributed by atoms with Crippen molar-refractivity contribution in [2.24, 2.45) is 0 Å². The third-order valence-electron chi connectivity index (χ3n) is 7.79. The Morgan fingerprint density at radius 3 is 0.500 bits per heavy atom. The second-order valence-electron chi connectivity index (χ2n) is 13.2. The average molecular weight is 819 g/mol. The fourth-order valence-corrected chi connectivity index (χ4v) is 19.0. The van der Waals surface area contributed by atoms with Crippen LogP contribution in [0.2, 0.25) is 0 Å². The summed E-state index contributed by atoms with van der Waals surface area (Å²) in [5.74, 6) is 0. The Labute approximate surface area is 285 Å². The second kappa shape index (κ2) is 34.3. The predicted octanol–water partition coefficient (Wildman–Crippen LogP) is 10.8. The molecule has 246 valence electrons. The molecule has 0 fully saturated rings. The van der Waals surface area contributed by atoms with Crippen molar-refractivity contribution in [3.8, 4) is 0 Å². The van der Waals surface area contributed by atoms with E-state index in [0.29, 0.717) is 0 Å². The predicted molar refractivity (Wildman–Crippen MR) is 191 cm³/mol. The van der Waals surface area contributed by atoms with Gasteiger partial charge < -0.3 is 0 Å². The molecule has 0 N–H and O–H groups in total. The molecule has 0 aromatic carbocycles. The number of hydrogen-bond acceptors (Lipinski definition) is 0. The molecular weight excluding hydrogens is 746 g/mol. The molecule has 2 nitrogen and oxygen atoms in total. The Bertz CT molecular complexity index is 432. The molecular formula is C32H72O2P4Rh2+4. The minimum absolute atomic E-state index is 0. The summed E-state index contributed by atoms with van der Waals surface area (Å²) in [6, 6.07) is 0. The van der Waals surface area contributed by atoms with Gasteiger partial charge in [0.2, 0.25) is 0 Å². The Morgan fingerprint density at radius 2 is 0.425 bits per heavy atom. The fourth-order valence-electron chi connectivity index (χ4n) is 5.97. The van der Waals surface area contributed by atoms with Crippen molar-refractivity contribution in [2.75, 3.05) is 24.6 Å². The van der Waals surface area contributed by atoms with E-state index in [0.717, 1.165) is 45.3 Å². The van der Waals surface area contributed by atoms with Crippen LogP contribution in [0.1, 0.15) is 124 Å². The Morgan fingerprint density at radius 1 is 0.325 bits per heavy atom. The Kier molecular flexibility index (Phi) is 47.1. The summed E-state index contributed by atoms with van der Waals surface area (Å²) >= 11 is 0. The molecule has 0 saturated carbocycles. The first-order chi connectivity index (χ1) is 17.5. The van der Waals surface area contributed by atoms with Crippen LogP contribution >= 0.6 is 31.7 Å². The van der Waals surface area contributed by atoms with Gasteiger partial charge in [-0.3, -0.25) is 0 Å². The summed E-state index contributed by atoms with van der Waals surface area (Å²) in [7, 11) is -0.435. The zero-order valence-corrected chi connectivity index (χ0v) is 36.6. The summed E-state index contributed by atoms with van der Waals surface area (Å²) in [5, 5.41) is 0. The maximum Gasteiger partial charge on any atom is 0 e. The fraction of sp³-hybridized carbons (Fsp3) is 0.938. The summed E-state index contributed by atoms with van der Waals surface area (Å²) in [6.07, 6.45) is 9.22. The van der Waals surface area contributed by atoms with Crippen molar-refractivity contribution >= 4 is 31.7 Å². The smallest absolute Gasteiger partial charge is 0 e. The van der Waals surface area contributed by atoms with E-state index in [9.17, 15) is 0 Å². The normalized spacial score (nSPS) is 11.2. The van der Waals surface area contributed by atoms with Gasteiger partial charge in [0.1, 0.15) is 0 Å². The van der Waals surface area contributed by atoms with Gasteiger partial charge in [-0.15, -0.1) is 0 Å². The molecule has 0 rings (SSSR count). The number of hydrogen-bond donors (Lipinski definition) is 0. The van der Waals surface area contributed by atoms with Gasteiger partial charge in [-0.1, -0.05) is 0 Å². The molecule has 0 bridgehead atoms. The van der Waals surface area contributed by atoms with Crippen molar-refractivity contribution in [1.29, 1.82) is 0 Å². The molecule has 0 heterocycles. The van der Waals surface area contributed by atoms with Crippen LogP contribution in [0.15, 0.2) is 0 Å². The molecule has 0 aromatic heterocycles. The molecule has 0 aliphatic carbocycles. The van der Waals surface area contributed by atoms with E-state index in [1.165, 1.54) is 12.8 Å². The first-order valence-corrected chi connectivity index (χ1v) is 22.8. The molecule has 0 amide bonds. The van der Waals surface area contributed by atoms with Gasteiger partial charge in [0.25, 0.3) is 0 Å². The molecule has 40 heavy (non-hydrogen) atoms. The topological polar surface area (TPSA) is 39.8 Å². The molecule has 0 aromatic rings. The van der Waals surface area contributed by atoms with Crippen molar-refractivity contribution in [3.05, 3.63) is 13.3 Å². The summed E-state index contributed by atoms with van der Waals surface area (Å²) in [4.78, 5) is 0. The van der Waals surface area contributed by atoms with Gasteiger partial charge in [0.15, 0.2) is 0 Å². The minimum Gasteiger partial charge on any atom is 0 e. The minimum atomic E-state index is -0.109. The zero-order chi connectivity index (χ0) is 31.2. The van der Waals surface area contributed by atoms with Crippen molar-refractivity contribution in [1.82, 2.24) is 0 Å². The van der Waals surface area contributed by atoms with Crippen LogP contribution in [-0.4, -0.2) is 69.9 Å². The van der Waals surface area contributed by atoms with E-state index in [1.54, 1.807) is 24.6 Å². The molecule has 0 spiro atoms. The van der Waals surface area contributed by atoms with E-state index >= 15 is 0 Å². The van der Waals surface area contributed by atoms with Crippen LogP contribution in [0.3, 0.4) is 0 Å². The second-order valence-corrected chi connectivity index (χ2v) is 29.1. The van der Waals surface area contributed by atoms with Crippen LogP contribution < -0.4 is 0 Å². The van der Waals surface area contributed by atoms with Gasteiger partial charge >= 0.3 is 22.6 Å². The SMILES string of the molecule is CC(C)[PH+](CCC[PH+](C(C)C)C(C)C)C(C)C.CC(C)[PH+](CCC[PH+](C(C)C)C(C)C)C(C)C.[C-]#[O+].[C-]#[O+].[Rh].[Rh]. The molecule has 0 saturated heterocycles. The van der Waals surface area contributed by atoms with E-state index in [1.807, 2.05) is 0 Å². The van der Waals surface area contributed by atoms with Crippen LogP contribution in [0.5, 0.6) is 0 Å². The van der Waals surface area contributed by atoms with Crippen molar-refractivity contribution in [2.45, 2.75) is 169 Å². The van der Waals surface area contributed by atoms with E-state index in [4.69, 9.17) is 9.30 Å². The standard InChI is InChI=1S/2C15H34P2.2CO.2Rh/c2*1-12(2)16(13(3)4)10-9-11-17(14(5)6)15(7)8;2*1-2;;/h2*12-15H,9-11H2,1-8H3;;;;/p+4. The third-order valence-corrected chi connectivity index (χ3v) is 23.4. The molecule has 0 unspecified atom stereocenters. The van der Waals surface area contributed by atoms with Gasteiger partial charge in [0, 0.05) is 83.5 Å². The molecule has 2 radical (unpaired) electrons. The zero-order valence-electron chi connectivity index (χ0n) is 29.3. The van der Waals surface area contributed by atoms with Crippen LogP contribution in [-0.2, 0) is 48.3 Å². The first-order valence-electron chi connectivity index (χ1n) is 15.4. The van der Waals surface area contributed by atoms with Crippen molar-refractivity contribution < 1.29 is 48.3 Å². The summed E-state index contributed by atoms with van der Waals surface area (Å²) in [5.41, 5.74) is 7.62. The first kappa shape index (κ1) is 54.9. The van der Waals surface area contributed by atoms with Gasteiger partial charge in [-0.05, 0) is 111 Å². The van der Waals surface area contributed by atoms with E-state index in [-0.39, 0.29) is 70.6 Å². The van der Waals surface area contributed by atoms with Gasteiger partial charge in [-0.2, -0.15) is 0 Å². The van der Waals surface area contributed by atoms with Crippen molar-refractivity contribution in [3.63, 3.8) is 0 Å². The van der Waals surface area contributed by atoms with Gasteiger partial charge in [-0.25, -0.2) is 0 Å².